The van der Waals surface area contributed by atoms with Crippen LogP contribution in [-0.4, -0.2) is 48.9 Å². The van der Waals surface area contributed by atoms with Gasteiger partial charge in [-0.2, -0.15) is 0 Å². The number of nitrogens with zero attached hydrogens (tertiary/aromatic N) is 1. The average Bonchev–Trinajstić information content (AvgIpc) is 2.96. The second-order valence-electron chi connectivity index (χ2n) is 6.78. The molecule has 0 aromatic heterocycles. The van der Waals surface area contributed by atoms with Gasteiger partial charge in [-0.05, 0) is 42.3 Å². The number of imide groups is 1. The Morgan fingerprint density at radius 1 is 1.00 bits per heavy atom. The van der Waals surface area contributed by atoms with Crippen LogP contribution in [0.15, 0.2) is 40.9 Å². The summed E-state index contributed by atoms with van der Waals surface area (Å²) in [5.74, 6) is 0.520. The number of hydrogen-bond donors (Lipinski definition) is 1. The first-order valence-corrected chi connectivity index (χ1v) is 10.1. The van der Waals surface area contributed by atoms with Gasteiger partial charge in [0, 0.05) is 24.0 Å². The zero-order valence-corrected chi connectivity index (χ0v) is 17.2. The summed E-state index contributed by atoms with van der Waals surface area (Å²) >= 11 is 3.30. The molecule has 0 radical (unpaired) electrons. The molecule has 0 saturated heterocycles. The SMILES string of the molecule is O=C(CCN1C(=O)c2ccc(Br)cc2C1=O)NCCc1ccc2c(c1)OCCO2. The molecule has 0 fully saturated rings. The number of rotatable bonds is 6. The molecule has 0 bridgehead atoms. The summed E-state index contributed by atoms with van der Waals surface area (Å²) in [6.07, 6.45) is 0.706. The van der Waals surface area contributed by atoms with Crippen molar-refractivity contribution >= 4 is 33.7 Å². The van der Waals surface area contributed by atoms with Gasteiger partial charge in [0.25, 0.3) is 11.8 Å². The van der Waals surface area contributed by atoms with Crippen LogP contribution in [0.25, 0.3) is 0 Å². The quantitative estimate of drug-likeness (QED) is 0.672. The third-order valence-corrected chi connectivity index (χ3v) is 5.33. The molecule has 2 aliphatic rings. The highest BCUT2D eigenvalue weighted by Crippen LogP contribution is 2.30. The van der Waals surface area contributed by atoms with Crippen LogP contribution in [0.3, 0.4) is 0 Å². The highest BCUT2D eigenvalue weighted by Gasteiger charge is 2.35. The molecule has 0 atom stereocenters. The number of carbonyl (C=O) groups is 3. The maximum Gasteiger partial charge on any atom is 0.261 e. The van der Waals surface area contributed by atoms with Crippen LogP contribution >= 0.6 is 15.9 Å². The van der Waals surface area contributed by atoms with Crippen molar-refractivity contribution in [2.45, 2.75) is 12.8 Å². The van der Waals surface area contributed by atoms with Crippen LogP contribution in [0, 0.1) is 0 Å². The van der Waals surface area contributed by atoms with E-state index in [2.05, 4.69) is 21.2 Å². The maximum atomic E-state index is 12.4. The topological polar surface area (TPSA) is 84.9 Å². The van der Waals surface area contributed by atoms with Gasteiger partial charge >= 0.3 is 0 Å². The molecule has 2 aliphatic heterocycles. The lowest BCUT2D eigenvalue weighted by Gasteiger charge is -2.19. The molecule has 29 heavy (non-hydrogen) atoms. The van der Waals surface area contributed by atoms with Crippen molar-refractivity contribution in [2.75, 3.05) is 26.3 Å². The van der Waals surface area contributed by atoms with Crippen molar-refractivity contribution in [1.82, 2.24) is 10.2 Å². The molecular weight excluding hydrogens is 440 g/mol. The highest BCUT2D eigenvalue weighted by atomic mass is 79.9. The molecule has 150 valence electrons. The van der Waals surface area contributed by atoms with E-state index in [-0.39, 0.29) is 30.7 Å². The number of fused-ring (bicyclic) bond motifs is 2. The van der Waals surface area contributed by atoms with Gasteiger partial charge in [-0.25, -0.2) is 0 Å². The predicted octanol–water partition coefficient (Wildman–Crippen LogP) is 2.57. The number of halogens is 1. The third-order valence-electron chi connectivity index (χ3n) is 4.84. The fourth-order valence-electron chi connectivity index (χ4n) is 3.36. The normalized spacial score (nSPS) is 14.7. The first kappa shape index (κ1) is 19.4. The van der Waals surface area contributed by atoms with E-state index < -0.39 is 0 Å². The number of carbonyl (C=O) groups excluding carboxylic acids is 3. The second kappa shape index (κ2) is 8.24. The van der Waals surface area contributed by atoms with Gasteiger partial charge in [0.15, 0.2) is 11.5 Å². The molecule has 1 N–H and O–H groups in total. The van der Waals surface area contributed by atoms with Crippen LogP contribution in [0.5, 0.6) is 11.5 Å². The minimum Gasteiger partial charge on any atom is -0.486 e. The standard InChI is InChI=1S/C21H19BrN2O5/c22-14-2-3-15-16(12-14)21(27)24(20(15)26)8-6-19(25)23-7-5-13-1-4-17-18(11-13)29-10-9-28-17/h1-4,11-12H,5-10H2,(H,23,25). The highest BCUT2D eigenvalue weighted by molar-refractivity contribution is 9.10. The summed E-state index contributed by atoms with van der Waals surface area (Å²) in [7, 11) is 0. The van der Waals surface area contributed by atoms with E-state index in [0.717, 1.165) is 26.4 Å². The van der Waals surface area contributed by atoms with E-state index in [4.69, 9.17) is 9.47 Å². The molecule has 8 heteroatoms. The summed E-state index contributed by atoms with van der Waals surface area (Å²) in [4.78, 5) is 38.1. The lowest BCUT2D eigenvalue weighted by atomic mass is 10.1. The fourth-order valence-corrected chi connectivity index (χ4v) is 3.72. The molecular formula is C21H19BrN2O5. The van der Waals surface area contributed by atoms with Crippen molar-refractivity contribution in [2.24, 2.45) is 0 Å². The van der Waals surface area contributed by atoms with Crippen LogP contribution in [-0.2, 0) is 11.2 Å². The van der Waals surface area contributed by atoms with Gasteiger partial charge in [-0.1, -0.05) is 22.0 Å². The molecule has 0 aliphatic carbocycles. The van der Waals surface area contributed by atoms with E-state index in [0.29, 0.717) is 37.3 Å². The molecule has 4 rings (SSSR count). The summed E-state index contributed by atoms with van der Waals surface area (Å²) in [5, 5.41) is 2.83. The zero-order chi connectivity index (χ0) is 20.4. The number of hydrogen-bond acceptors (Lipinski definition) is 5. The van der Waals surface area contributed by atoms with E-state index in [1.54, 1.807) is 18.2 Å². The minimum atomic E-state index is -0.365. The summed E-state index contributed by atoms with van der Waals surface area (Å²) in [5.41, 5.74) is 1.76. The lowest BCUT2D eigenvalue weighted by Crippen LogP contribution is -2.35. The van der Waals surface area contributed by atoms with Crippen molar-refractivity contribution < 1.29 is 23.9 Å². The molecule has 2 heterocycles. The molecule has 0 saturated carbocycles. The van der Waals surface area contributed by atoms with Crippen LogP contribution in [0.4, 0.5) is 0 Å². The fraction of sp³-hybridized carbons (Fsp3) is 0.286. The number of ether oxygens (including phenoxy) is 2. The van der Waals surface area contributed by atoms with Gasteiger partial charge in [0.2, 0.25) is 5.91 Å². The number of amides is 3. The molecule has 7 nitrogen and oxygen atoms in total. The monoisotopic (exact) mass is 458 g/mol. The van der Waals surface area contributed by atoms with E-state index in [1.807, 2.05) is 18.2 Å². The Bertz CT molecular complexity index is 991. The van der Waals surface area contributed by atoms with Crippen molar-refractivity contribution in [3.05, 3.63) is 57.6 Å². The van der Waals surface area contributed by atoms with Crippen molar-refractivity contribution in [1.29, 1.82) is 0 Å². The van der Waals surface area contributed by atoms with E-state index >= 15 is 0 Å². The van der Waals surface area contributed by atoms with Gasteiger partial charge < -0.3 is 14.8 Å². The van der Waals surface area contributed by atoms with Gasteiger partial charge in [-0.15, -0.1) is 0 Å². The van der Waals surface area contributed by atoms with Crippen molar-refractivity contribution in [3.63, 3.8) is 0 Å². The molecule has 0 unspecified atom stereocenters. The van der Waals surface area contributed by atoms with Crippen LogP contribution in [0.1, 0.15) is 32.7 Å². The third kappa shape index (κ3) is 4.12. The summed E-state index contributed by atoms with van der Waals surface area (Å²) < 4.78 is 11.8. The zero-order valence-electron chi connectivity index (χ0n) is 15.6. The number of benzene rings is 2. The molecule has 2 aromatic rings. The van der Waals surface area contributed by atoms with E-state index in [1.165, 1.54) is 0 Å². The molecule has 2 aromatic carbocycles. The largest absolute Gasteiger partial charge is 0.486 e. The molecule has 0 spiro atoms. The second-order valence-corrected chi connectivity index (χ2v) is 7.70. The smallest absolute Gasteiger partial charge is 0.261 e. The first-order chi connectivity index (χ1) is 14.0. The van der Waals surface area contributed by atoms with E-state index in [9.17, 15) is 14.4 Å². The Kier molecular flexibility index (Phi) is 5.53. The number of nitrogens with one attached hydrogen (secondary N) is 1. The van der Waals surface area contributed by atoms with Gasteiger partial charge in [0.05, 0.1) is 11.1 Å². The van der Waals surface area contributed by atoms with Gasteiger partial charge in [0.1, 0.15) is 13.2 Å². The predicted molar refractivity (Wildman–Crippen MR) is 108 cm³/mol. The molecule has 3 amide bonds. The lowest BCUT2D eigenvalue weighted by molar-refractivity contribution is -0.121. The Hall–Kier alpha value is -2.87. The van der Waals surface area contributed by atoms with Crippen LogP contribution < -0.4 is 14.8 Å². The Balaban J connectivity index is 1.26. The Labute approximate surface area is 176 Å². The minimum absolute atomic E-state index is 0.0554. The van der Waals surface area contributed by atoms with Crippen LogP contribution in [0.2, 0.25) is 0 Å². The van der Waals surface area contributed by atoms with Gasteiger partial charge in [-0.3, -0.25) is 19.3 Å². The average molecular weight is 459 g/mol. The Morgan fingerprint density at radius 2 is 1.76 bits per heavy atom. The van der Waals surface area contributed by atoms with Crippen molar-refractivity contribution in [3.8, 4) is 11.5 Å². The first-order valence-electron chi connectivity index (χ1n) is 9.34. The summed E-state index contributed by atoms with van der Waals surface area (Å²) in [6.45, 7) is 1.59. The maximum absolute atomic E-state index is 12.4. The Morgan fingerprint density at radius 3 is 2.59 bits per heavy atom. The summed E-state index contributed by atoms with van der Waals surface area (Å²) in [6, 6.07) is 10.7.